The number of carboxylic acids is 2. The number of nitrogens with zero attached hydrogens (tertiary/aromatic N) is 2. The Morgan fingerprint density at radius 1 is 0.725 bits per heavy atom. The van der Waals surface area contributed by atoms with E-state index in [0.717, 1.165) is 0 Å². The molecule has 0 unspecified atom stereocenters. The topological polar surface area (TPSA) is 353 Å². The van der Waals surface area contributed by atoms with Crippen LogP contribution in [0.3, 0.4) is 0 Å². The number of carboxylic acid groups (broad SMARTS) is 2. The molecule has 69 heavy (non-hydrogen) atoms. The maximum atomic E-state index is 14.3. The van der Waals surface area contributed by atoms with Crippen LogP contribution >= 0.6 is 0 Å². The van der Waals surface area contributed by atoms with Crippen molar-refractivity contribution in [1.82, 2.24) is 52.1 Å². The number of nitrogens with one attached hydrogen (secondary N) is 8. The van der Waals surface area contributed by atoms with Crippen molar-refractivity contribution in [3.63, 3.8) is 0 Å². The molecule has 1 fully saturated rings. The Balaban J connectivity index is 2.32. The molecule has 8 amide bonds. The zero-order chi connectivity index (χ0) is 52.3. The average Bonchev–Trinajstić information content (AvgIpc) is 3.98. The van der Waals surface area contributed by atoms with Gasteiger partial charge >= 0.3 is 11.9 Å². The summed E-state index contributed by atoms with van der Waals surface area (Å²) in [5.74, 6) is -9.63. The Morgan fingerprint density at radius 2 is 1.28 bits per heavy atom. The molecular weight excluding hydrogens is 899 g/mol. The van der Waals surface area contributed by atoms with Crippen LogP contribution in [0.4, 0.5) is 0 Å². The minimum Gasteiger partial charge on any atom is -0.481 e. The van der Waals surface area contributed by atoms with Gasteiger partial charge in [0.25, 0.3) is 0 Å². The van der Waals surface area contributed by atoms with Gasteiger partial charge in [-0.25, -0.2) is 9.78 Å². The highest BCUT2D eigenvalue weighted by Crippen LogP contribution is 2.21. The molecule has 9 atom stereocenters. The Labute approximate surface area is 404 Å². The standard InChI is InChI=1S/C46H77N11O12/c1-11-27(10)36(47)43(65)53-31(18-24(4)5)41(63)52-30(17-23(2)3)40(62)51-29(14-15-35(59)60)45(67)57-16-12-13-33(57)42(64)56-37(25(6)7)44(66)54-32(19-28-20-48-22-50-28)39(61)49-21-34(58)55-38(26(8)9)46(68)69/h20,22-27,29-33,36-38H,11-19,21,47H2,1-10H3,(H,48,50)(H,49,61)(H,51,62)(H,52,63)(H,53,65)(H,54,66)(H,55,58)(H,56,64)(H,59,60)(H,68,69)/t27-,29-,30-,31-,32-,33-,36-,37-,38-/m0/s1. The lowest BCUT2D eigenvalue weighted by atomic mass is 9.97. The number of aromatic nitrogens is 2. The molecule has 388 valence electrons. The van der Waals surface area contributed by atoms with E-state index >= 15 is 0 Å². The van der Waals surface area contributed by atoms with Gasteiger partial charge in [-0.15, -0.1) is 0 Å². The van der Waals surface area contributed by atoms with Gasteiger partial charge in [0.15, 0.2) is 0 Å². The monoisotopic (exact) mass is 976 g/mol. The number of aromatic amines is 1. The number of carbonyl (C=O) groups excluding carboxylic acids is 8. The van der Waals surface area contributed by atoms with Gasteiger partial charge in [0.1, 0.15) is 42.3 Å². The third-order valence-corrected chi connectivity index (χ3v) is 11.9. The van der Waals surface area contributed by atoms with E-state index in [1.54, 1.807) is 27.7 Å². The maximum absolute atomic E-state index is 14.3. The number of amides is 8. The first-order chi connectivity index (χ1) is 32.3. The number of aliphatic carboxylic acids is 2. The molecule has 23 heteroatoms. The van der Waals surface area contributed by atoms with Gasteiger partial charge in [-0.1, -0.05) is 75.7 Å². The number of likely N-dealkylation sites (tertiary alicyclic amines) is 1. The number of carbonyl (C=O) groups is 10. The molecule has 0 aliphatic carbocycles. The summed E-state index contributed by atoms with van der Waals surface area (Å²) in [5, 5.41) is 37.2. The van der Waals surface area contributed by atoms with E-state index in [-0.39, 0.29) is 56.4 Å². The molecule has 0 radical (unpaired) electrons. The van der Waals surface area contributed by atoms with Crippen LogP contribution in [-0.2, 0) is 54.4 Å². The molecule has 2 heterocycles. The molecule has 0 bridgehead atoms. The van der Waals surface area contributed by atoms with Crippen LogP contribution in [0.2, 0.25) is 0 Å². The first-order valence-electron chi connectivity index (χ1n) is 23.8. The van der Waals surface area contributed by atoms with Gasteiger partial charge in [-0.05, 0) is 61.7 Å². The third kappa shape index (κ3) is 19.4. The van der Waals surface area contributed by atoms with E-state index in [0.29, 0.717) is 18.5 Å². The fourth-order valence-electron chi connectivity index (χ4n) is 7.66. The molecule has 1 aliphatic heterocycles. The zero-order valence-electron chi connectivity index (χ0n) is 41.7. The average molecular weight is 976 g/mol. The first-order valence-corrected chi connectivity index (χ1v) is 23.8. The van der Waals surface area contributed by atoms with E-state index in [9.17, 15) is 58.2 Å². The Bertz CT molecular complexity index is 1930. The van der Waals surface area contributed by atoms with Crippen molar-refractivity contribution in [3.05, 3.63) is 18.2 Å². The van der Waals surface area contributed by atoms with Crippen molar-refractivity contribution < 1.29 is 58.2 Å². The van der Waals surface area contributed by atoms with Crippen molar-refractivity contribution in [2.45, 2.75) is 169 Å². The van der Waals surface area contributed by atoms with Gasteiger partial charge in [-0.3, -0.25) is 43.2 Å². The predicted molar refractivity (Wildman–Crippen MR) is 252 cm³/mol. The fourth-order valence-corrected chi connectivity index (χ4v) is 7.66. The highest BCUT2D eigenvalue weighted by atomic mass is 16.4. The molecular formula is C46H77N11O12. The molecule has 1 aliphatic rings. The summed E-state index contributed by atoms with van der Waals surface area (Å²) in [6, 6.07) is -9.47. The summed E-state index contributed by atoms with van der Waals surface area (Å²) in [7, 11) is 0. The molecule has 23 nitrogen and oxygen atoms in total. The SMILES string of the molecule is CC[C@H](C)[C@H](N)C(=O)N[C@@H](CC(C)C)C(=O)N[C@@H](CC(C)C)C(=O)N[C@@H](CCC(=O)O)C(=O)N1CCC[C@H]1C(=O)N[C@H](C(=O)N[C@@H](Cc1cnc[nH]1)C(=O)NCC(=O)N[C@H](C(=O)O)C(C)C)C(C)C. The number of rotatable bonds is 29. The third-order valence-electron chi connectivity index (χ3n) is 11.9. The lowest BCUT2D eigenvalue weighted by molar-refractivity contribution is -0.144. The van der Waals surface area contributed by atoms with Crippen LogP contribution in [0.5, 0.6) is 0 Å². The smallest absolute Gasteiger partial charge is 0.326 e. The number of H-pyrrole nitrogens is 1. The van der Waals surface area contributed by atoms with E-state index in [4.69, 9.17) is 5.73 Å². The minimum absolute atomic E-state index is 0.0404. The molecule has 0 spiro atoms. The van der Waals surface area contributed by atoms with Gasteiger partial charge in [0.05, 0.1) is 18.9 Å². The first kappa shape index (κ1) is 59.0. The number of hydrogen-bond acceptors (Lipinski definition) is 12. The van der Waals surface area contributed by atoms with E-state index in [1.165, 1.54) is 17.4 Å². The summed E-state index contributed by atoms with van der Waals surface area (Å²) in [6.07, 6.45) is 3.28. The molecule has 0 aromatic carbocycles. The van der Waals surface area contributed by atoms with E-state index in [2.05, 4.69) is 47.2 Å². The van der Waals surface area contributed by atoms with Gasteiger partial charge < -0.3 is 63.0 Å². The van der Waals surface area contributed by atoms with Crippen molar-refractivity contribution in [3.8, 4) is 0 Å². The molecule has 12 N–H and O–H groups in total. The van der Waals surface area contributed by atoms with Crippen LogP contribution < -0.4 is 43.0 Å². The largest absolute Gasteiger partial charge is 0.481 e. The summed E-state index contributed by atoms with van der Waals surface area (Å²) < 4.78 is 0. The van der Waals surface area contributed by atoms with Crippen LogP contribution in [0.15, 0.2) is 12.5 Å². The molecule has 1 aromatic rings. The molecule has 1 saturated heterocycles. The quantitative estimate of drug-likeness (QED) is 0.0491. The number of imidazole rings is 1. The van der Waals surface area contributed by atoms with Gasteiger partial charge in [0, 0.05) is 31.3 Å². The summed E-state index contributed by atoms with van der Waals surface area (Å²) in [4.78, 5) is 141. The Kier molecular flexibility index (Phi) is 24.3. The molecule has 2 rings (SSSR count). The van der Waals surface area contributed by atoms with Crippen molar-refractivity contribution >= 4 is 59.2 Å². The summed E-state index contributed by atoms with van der Waals surface area (Å²) in [5.41, 5.74) is 6.59. The van der Waals surface area contributed by atoms with Crippen LogP contribution in [-0.4, -0.2) is 146 Å². The number of hydrogen-bond donors (Lipinski definition) is 11. The summed E-state index contributed by atoms with van der Waals surface area (Å²) >= 11 is 0. The maximum Gasteiger partial charge on any atom is 0.326 e. The second kappa shape index (κ2) is 28.4. The minimum atomic E-state index is -1.44. The second-order valence-electron chi connectivity index (χ2n) is 19.4. The lowest BCUT2D eigenvalue weighted by Gasteiger charge is -2.32. The van der Waals surface area contributed by atoms with Crippen LogP contribution in [0.25, 0.3) is 0 Å². The van der Waals surface area contributed by atoms with Gasteiger partial charge in [0.2, 0.25) is 47.3 Å². The van der Waals surface area contributed by atoms with Crippen molar-refractivity contribution in [1.29, 1.82) is 0 Å². The highest BCUT2D eigenvalue weighted by Gasteiger charge is 2.41. The van der Waals surface area contributed by atoms with Crippen molar-refractivity contribution in [2.75, 3.05) is 13.1 Å². The lowest BCUT2D eigenvalue weighted by Crippen LogP contribution is -2.60. The molecule has 0 saturated carbocycles. The zero-order valence-corrected chi connectivity index (χ0v) is 41.7. The van der Waals surface area contributed by atoms with Gasteiger partial charge in [-0.2, -0.15) is 0 Å². The van der Waals surface area contributed by atoms with E-state index in [1.807, 2.05) is 41.5 Å². The fraction of sp³-hybridized carbons (Fsp3) is 0.717. The Hall–Kier alpha value is -6.13. The van der Waals surface area contributed by atoms with Crippen LogP contribution in [0, 0.1) is 29.6 Å². The predicted octanol–water partition coefficient (Wildman–Crippen LogP) is -0.305. The molecule has 1 aromatic heterocycles. The Morgan fingerprint density at radius 3 is 1.77 bits per heavy atom. The normalized spacial score (nSPS) is 17.1. The highest BCUT2D eigenvalue weighted by molar-refractivity contribution is 5.98. The van der Waals surface area contributed by atoms with Crippen molar-refractivity contribution in [2.24, 2.45) is 35.3 Å². The van der Waals surface area contributed by atoms with E-state index < -0.39 is 132 Å². The number of nitrogens with two attached hydrogens (primary N) is 1. The van der Waals surface area contributed by atoms with Crippen LogP contribution in [0.1, 0.15) is 120 Å². The second-order valence-corrected chi connectivity index (χ2v) is 19.4. The summed E-state index contributed by atoms with van der Waals surface area (Å²) in [6.45, 7) is 17.0.